The van der Waals surface area contributed by atoms with E-state index >= 15 is 0 Å². The highest BCUT2D eigenvalue weighted by Crippen LogP contribution is 2.06. The average Bonchev–Trinajstić information content (AvgIpc) is 2.17. The highest BCUT2D eigenvalue weighted by atomic mass is 16.5. The summed E-state index contributed by atoms with van der Waals surface area (Å²) in [5, 5.41) is 3.11. The van der Waals surface area contributed by atoms with Crippen LogP contribution in [0.1, 0.15) is 12.1 Å². The standard InChI is InChI=1S/C10H14N2O2/c1-8-7-9(3-5-11-8)12-6-4-10(13)14-2/h3,5,7H,4,6H2,1-2H3,(H,11,12). The summed E-state index contributed by atoms with van der Waals surface area (Å²) in [7, 11) is 1.39. The van der Waals surface area contributed by atoms with Crippen LogP contribution in [0.4, 0.5) is 5.69 Å². The first-order valence-electron chi connectivity index (χ1n) is 4.45. The molecule has 0 atom stereocenters. The molecule has 76 valence electrons. The Bertz CT molecular complexity index is 313. The Morgan fingerprint density at radius 2 is 2.43 bits per heavy atom. The van der Waals surface area contributed by atoms with Gasteiger partial charge in [0.05, 0.1) is 13.5 Å². The minimum Gasteiger partial charge on any atom is -0.469 e. The van der Waals surface area contributed by atoms with E-state index in [1.807, 2.05) is 19.1 Å². The van der Waals surface area contributed by atoms with E-state index in [0.717, 1.165) is 11.4 Å². The molecule has 1 N–H and O–H groups in total. The Labute approximate surface area is 83.3 Å². The summed E-state index contributed by atoms with van der Waals surface area (Å²) >= 11 is 0. The Balaban J connectivity index is 2.35. The number of esters is 1. The van der Waals surface area contributed by atoms with Gasteiger partial charge in [0.1, 0.15) is 0 Å². The normalized spacial score (nSPS) is 9.57. The fourth-order valence-corrected chi connectivity index (χ4v) is 1.07. The van der Waals surface area contributed by atoms with Crippen LogP contribution in [0.3, 0.4) is 0 Å². The number of methoxy groups -OCH3 is 1. The van der Waals surface area contributed by atoms with Crippen LogP contribution in [0.15, 0.2) is 18.3 Å². The molecule has 0 radical (unpaired) electrons. The lowest BCUT2D eigenvalue weighted by atomic mass is 10.3. The first kappa shape index (κ1) is 10.5. The molecule has 0 saturated carbocycles. The molecule has 4 nitrogen and oxygen atoms in total. The number of anilines is 1. The van der Waals surface area contributed by atoms with Gasteiger partial charge in [-0.05, 0) is 19.1 Å². The maximum atomic E-state index is 10.8. The molecule has 0 aliphatic rings. The van der Waals surface area contributed by atoms with Crippen molar-refractivity contribution in [2.45, 2.75) is 13.3 Å². The Morgan fingerprint density at radius 1 is 1.64 bits per heavy atom. The van der Waals surface area contributed by atoms with Gasteiger partial charge in [-0.2, -0.15) is 0 Å². The predicted octanol–water partition coefficient (Wildman–Crippen LogP) is 1.37. The van der Waals surface area contributed by atoms with Crippen LogP contribution >= 0.6 is 0 Å². The van der Waals surface area contributed by atoms with Crippen LogP contribution in [0.25, 0.3) is 0 Å². The molecule has 0 amide bonds. The molecule has 0 aliphatic heterocycles. The maximum Gasteiger partial charge on any atom is 0.307 e. The Kier molecular flexibility index (Phi) is 3.91. The number of hydrogen-bond acceptors (Lipinski definition) is 4. The van der Waals surface area contributed by atoms with E-state index in [1.165, 1.54) is 7.11 Å². The van der Waals surface area contributed by atoms with Gasteiger partial charge in [0, 0.05) is 24.1 Å². The number of nitrogens with one attached hydrogen (secondary N) is 1. The molecule has 0 unspecified atom stereocenters. The van der Waals surface area contributed by atoms with Crippen LogP contribution < -0.4 is 5.32 Å². The van der Waals surface area contributed by atoms with Gasteiger partial charge >= 0.3 is 5.97 Å². The number of carbonyl (C=O) groups is 1. The van der Waals surface area contributed by atoms with E-state index in [4.69, 9.17) is 0 Å². The molecule has 0 fully saturated rings. The number of ether oxygens (including phenoxy) is 1. The fraction of sp³-hybridized carbons (Fsp3) is 0.400. The van der Waals surface area contributed by atoms with E-state index < -0.39 is 0 Å². The van der Waals surface area contributed by atoms with Gasteiger partial charge < -0.3 is 10.1 Å². The van der Waals surface area contributed by atoms with Crippen LogP contribution in [0.2, 0.25) is 0 Å². The van der Waals surface area contributed by atoms with E-state index in [-0.39, 0.29) is 5.97 Å². The van der Waals surface area contributed by atoms with Crippen LogP contribution in [0, 0.1) is 6.92 Å². The van der Waals surface area contributed by atoms with Gasteiger partial charge in [-0.25, -0.2) is 0 Å². The summed E-state index contributed by atoms with van der Waals surface area (Å²) in [4.78, 5) is 14.9. The van der Waals surface area contributed by atoms with E-state index in [2.05, 4.69) is 15.0 Å². The predicted molar refractivity (Wildman–Crippen MR) is 54.1 cm³/mol. The number of rotatable bonds is 4. The summed E-state index contributed by atoms with van der Waals surface area (Å²) in [5.74, 6) is -0.205. The van der Waals surface area contributed by atoms with Crippen molar-refractivity contribution in [3.63, 3.8) is 0 Å². The first-order valence-corrected chi connectivity index (χ1v) is 4.45. The lowest BCUT2D eigenvalue weighted by Crippen LogP contribution is -2.09. The van der Waals surface area contributed by atoms with Gasteiger partial charge in [-0.3, -0.25) is 9.78 Å². The number of aromatic nitrogens is 1. The molecule has 4 heteroatoms. The highest BCUT2D eigenvalue weighted by molar-refractivity contribution is 5.69. The third-order valence-corrected chi connectivity index (χ3v) is 1.78. The quantitative estimate of drug-likeness (QED) is 0.735. The fourth-order valence-electron chi connectivity index (χ4n) is 1.07. The summed E-state index contributed by atoms with van der Waals surface area (Å²) in [6, 6.07) is 3.79. The smallest absolute Gasteiger partial charge is 0.307 e. The molecular formula is C10H14N2O2. The van der Waals surface area contributed by atoms with Crippen molar-refractivity contribution in [2.75, 3.05) is 19.0 Å². The largest absolute Gasteiger partial charge is 0.469 e. The molecule has 14 heavy (non-hydrogen) atoms. The topological polar surface area (TPSA) is 51.2 Å². The van der Waals surface area contributed by atoms with Crippen molar-refractivity contribution < 1.29 is 9.53 Å². The summed E-state index contributed by atoms with van der Waals surface area (Å²) in [6.45, 7) is 2.50. The van der Waals surface area contributed by atoms with Crippen molar-refractivity contribution in [3.8, 4) is 0 Å². The molecule has 0 aromatic carbocycles. The molecule has 1 aromatic rings. The van der Waals surface area contributed by atoms with Gasteiger partial charge in [0.15, 0.2) is 0 Å². The van der Waals surface area contributed by atoms with Crippen molar-refractivity contribution in [1.82, 2.24) is 4.98 Å². The highest BCUT2D eigenvalue weighted by Gasteiger charge is 1.99. The molecular weight excluding hydrogens is 180 g/mol. The van der Waals surface area contributed by atoms with Gasteiger partial charge in [0.2, 0.25) is 0 Å². The average molecular weight is 194 g/mol. The molecule has 1 rings (SSSR count). The number of aryl methyl sites for hydroxylation is 1. The van der Waals surface area contributed by atoms with E-state index in [9.17, 15) is 4.79 Å². The molecule has 0 spiro atoms. The van der Waals surface area contributed by atoms with Crippen molar-refractivity contribution in [1.29, 1.82) is 0 Å². The zero-order chi connectivity index (χ0) is 10.4. The van der Waals surface area contributed by atoms with Gasteiger partial charge in [0.25, 0.3) is 0 Å². The van der Waals surface area contributed by atoms with Gasteiger partial charge in [-0.1, -0.05) is 0 Å². The SMILES string of the molecule is COC(=O)CCNc1ccnc(C)c1. The summed E-state index contributed by atoms with van der Waals surface area (Å²) < 4.78 is 4.52. The van der Waals surface area contributed by atoms with Crippen LogP contribution in [0.5, 0.6) is 0 Å². The second-order valence-electron chi connectivity index (χ2n) is 2.94. The lowest BCUT2D eigenvalue weighted by molar-refractivity contribution is -0.140. The summed E-state index contributed by atoms with van der Waals surface area (Å²) in [5.41, 5.74) is 1.93. The second-order valence-corrected chi connectivity index (χ2v) is 2.94. The number of pyridine rings is 1. The molecule has 0 bridgehead atoms. The summed E-state index contributed by atoms with van der Waals surface area (Å²) in [6.07, 6.45) is 2.10. The van der Waals surface area contributed by atoms with Crippen molar-refractivity contribution >= 4 is 11.7 Å². The minimum atomic E-state index is -0.205. The molecule has 0 saturated heterocycles. The van der Waals surface area contributed by atoms with E-state index in [0.29, 0.717) is 13.0 Å². The van der Waals surface area contributed by atoms with Crippen molar-refractivity contribution in [2.24, 2.45) is 0 Å². The van der Waals surface area contributed by atoms with Crippen LogP contribution in [-0.4, -0.2) is 24.6 Å². The number of nitrogens with zero attached hydrogens (tertiary/aromatic N) is 1. The third kappa shape index (κ3) is 3.43. The molecule has 1 aromatic heterocycles. The molecule has 0 aliphatic carbocycles. The Hall–Kier alpha value is -1.58. The second kappa shape index (κ2) is 5.21. The number of hydrogen-bond donors (Lipinski definition) is 1. The first-order chi connectivity index (χ1) is 6.72. The van der Waals surface area contributed by atoms with E-state index in [1.54, 1.807) is 6.20 Å². The molecule has 1 heterocycles. The number of carbonyl (C=O) groups excluding carboxylic acids is 1. The zero-order valence-corrected chi connectivity index (χ0v) is 8.41. The lowest BCUT2D eigenvalue weighted by Gasteiger charge is -2.05. The monoisotopic (exact) mass is 194 g/mol. The Morgan fingerprint density at radius 3 is 3.07 bits per heavy atom. The van der Waals surface area contributed by atoms with Gasteiger partial charge in [-0.15, -0.1) is 0 Å². The van der Waals surface area contributed by atoms with Crippen LogP contribution in [-0.2, 0) is 9.53 Å². The van der Waals surface area contributed by atoms with Crippen molar-refractivity contribution in [3.05, 3.63) is 24.0 Å². The zero-order valence-electron chi connectivity index (χ0n) is 8.41. The minimum absolute atomic E-state index is 0.205. The maximum absolute atomic E-state index is 10.8. The third-order valence-electron chi connectivity index (χ3n) is 1.78.